The number of ether oxygens (including phenoxy) is 1. The molecule has 0 bridgehead atoms. The van der Waals surface area contributed by atoms with Crippen molar-refractivity contribution in [3.8, 4) is 0 Å². The summed E-state index contributed by atoms with van der Waals surface area (Å²) in [6.45, 7) is -1.19. The molecular formula is C10H16ClN4O14P3. The summed E-state index contributed by atoms with van der Waals surface area (Å²) in [5.41, 5.74) is 2.17. The zero-order valence-electron chi connectivity index (χ0n) is 15.3. The average molecular weight is 545 g/mol. The van der Waals surface area contributed by atoms with Gasteiger partial charge in [0.05, 0.1) is 12.5 Å². The number of rotatable bonds is 10. The number of nitrogen functional groups attached to an aromatic ring is 1. The molecule has 0 aliphatic carbocycles. The summed E-state index contributed by atoms with van der Waals surface area (Å²) >= 11 is 5.77. The van der Waals surface area contributed by atoms with Crippen molar-refractivity contribution < 1.29 is 56.3 Å². The summed E-state index contributed by atoms with van der Waals surface area (Å²) in [5, 5.41) is 13.1. The van der Waals surface area contributed by atoms with Gasteiger partial charge in [-0.25, -0.2) is 18.5 Å². The van der Waals surface area contributed by atoms with Crippen LogP contribution in [0.1, 0.15) is 6.23 Å². The first kappa shape index (κ1) is 27.1. The Morgan fingerprint density at radius 3 is 2.38 bits per heavy atom. The molecule has 7 N–H and O–H groups in total. The lowest BCUT2D eigenvalue weighted by Gasteiger charge is -2.30. The number of aliphatic hydroxyl groups excluding tert-OH is 1. The third-order valence-electron chi connectivity index (χ3n) is 3.87. The first-order chi connectivity index (χ1) is 14.5. The summed E-state index contributed by atoms with van der Waals surface area (Å²) in [4.78, 5) is 62.5. The molecule has 6 atom stereocenters. The maximum Gasteiger partial charge on any atom is 0.490 e. The van der Waals surface area contributed by atoms with Gasteiger partial charge in [-0.1, -0.05) is 5.18 Å². The molecule has 182 valence electrons. The number of phosphoric ester groups is 1. The Labute approximate surface area is 182 Å². The Morgan fingerprint density at radius 1 is 1.25 bits per heavy atom. The number of aromatic nitrogens is 2. The number of nitrogens with zero attached hydrogens (tertiary/aromatic N) is 3. The number of hydrogen-bond donors (Lipinski definition) is 6. The van der Waals surface area contributed by atoms with E-state index in [1.807, 2.05) is 0 Å². The third-order valence-corrected chi connectivity index (χ3v) is 8.11. The van der Waals surface area contributed by atoms with Crippen LogP contribution in [0.2, 0.25) is 0 Å². The van der Waals surface area contributed by atoms with Crippen molar-refractivity contribution >= 4 is 40.9 Å². The SMILES string of the molecule is Nc1ccn([C@@H]2O[C@](CCl)(COP(=O)(O)OP(=O)(O)OP(=O)(O)O)[C@@H](O)[C@H]2N=O)c(=O)n1. The Hall–Kier alpha value is -1.10. The van der Waals surface area contributed by atoms with E-state index in [9.17, 15) is 33.4 Å². The van der Waals surface area contributed by atoms with Gasteiger partial charge in [-0.3, -0.25) is 9.09 Å². The van der Waals surface area contributed by atoms with Gasteiger partial charge in [0.15, 0.2) is 12.3 Å². The van der Waals surface area contributed by atoms with Gasteiger partial charge in [-0.05, 0) is 6.07 Å². The fourth-order valence-electron chi connectivity index (χ4n) is 2.56. The molecule has 1 saturated heterocycles. The predicted octanol–water partition coefficient (Wildman–Crippen LogP) is -0.829. The van der Waals surface area contributed by atoms with E-state index in [-0.39, 0.29) is 5.82 Å². The van der Waals surface area contributed by atoms with Crippen LogP contribution in [0.3, 0.4) is 0 Å². The third kappa shape index (κ3) is 6.48. The summed E-state index contributed by atoms with van der Waals surface area (Å²) in [6.07, 6.45) is -2.50. The van der Waals surface area contributed by atoms with Crippen molar-refractivity contribution in [1.29, 1.82) is 0 Å². The van der Waals surface area contributed by atoms with Crippen molar-refractivity contribution in [2.24, 2.45) is 5.18 Å². The lowest BCUT2D eigenvalue weighted by atomic mass is 9.97. The first-order valence-corrected chi connectivity index (χ1v) is 13.0. The lowest BCUT2D eigenvalue weighted by Crippen LogP contribution is -2.48. The Balaban J connectivity index is 2.26. The number of aliphatic hydroxyl groups is 1. The van der Waals surface area contributed by atoms with Crippen LogP contribution in [0.15, 0.2) is 22.2 Å². The van der Waals surface area contributed by atoms with Crippen molar-refractivity contribution in [3.63, 3.8) is 0 Å². The maximum absolute atomic E-state index is 12.0. The predicted molar refractivity (Wildman–Crippen MR) is 102 cm³/mol. The second-order valence-corrected chi connectivity index (χ2v) is 10.8. The molecular weight excluding hydrogens is 528 g/mol. The van der Waals surface area contributed by atoms with Gasteiger partial charge in [0, 0.05) is 6.20 Å². The number of nitrogens with two attached hydrogens (primary N) is 1. The number of alkyl halides is 1. The molecule has 0 aromatic carbocycles. The first-order valence-electron chi connectivity index (χ1n) is 7.92. The Kier molecular flexibility index (Phi) is 8.18. The van der Waals surface area contributed by atoms with Crippen molar-refractivity contribution in [2.45, 2.75) is 24.0 Å². The largest absolute Gasteiger partial charge is 0.490 e. The van der Waals surface area contributed by atoms with Crippen LogP contribution in [-0.4, -0.2) is 64.5 Å². The van der Waals surface area contributed by atoms with Gasteiger partial charge in [0.2, 0.25) is 0 Å². The summed E-state index contributed by atoms with van der Waals surface area (Å²) in [5.74, 6) is -0.902. The van der Waals surface area contributed by atoms with Crippen LogP contribution < -0.4 is 11.4 Å². The minimum absolute atomic E-state index is 0.170. The Bertz CT molecular complexity index is 1060. The number of phosphoric acid groups is 3. The van der Waals surface area contributed by atoms with Crippen molar-refractivity contribution in [3.05, 3.63) is 27.7 Å². The summed E-state index contributed by atoms with van der Waals surface area (Å²) in [7, 11) is -17.0. The molecule has 1 fully saturated rings. The van der Waals surface area contributed by atoms with E-state index < -0.39 is 65.6 Å². The highest BCUT2D eigenvalue weighted by Crippen LogP contribution is 2.66. The van der Waals surface area contributed by atoms with Crippen LogP contribution in [-0.2, 0) is 31.6 Å². The van der Waals surface area contributed by atoms with Gasteiger partial charge in [0.1, 0.15) is 17.5 Å². The molecule has 1 aromatic heterocycles. The zero-order chi connectivity index (χ0) is 24.5. The molecule has 1 aliphatic rings. The zero-order valence-corrected chi connectivity index (χ0v) is 18.8. The van der Waals surface area contributed by atoms with Gasteiger partial charge >= 0.3 is 29.2 Å². The van der Waals surface area contributed by atoms with Crippen LogP contribution >= 0.6 is 35.1 Å². The monoisotopic (exact) mass is 544 g/mol. The number of anilines is 1. The highest BCUT2D eigenvalue weighted by Gasteiger charge is 2.57. The molecule has 1 aromatic rings. The molecule has 2 rings (SSSR count). The van der Waals surface area contributed by atoms with E-state index in [0.717, 1.165) is 16.8 Å². The van der Waals surface area contributed by atoms with E-state index in [1.54, 1.807) is 0 Å². The van der Waals surface area contributed by atoms with E-state index in [1.165, 1.54) is 0 Å². The molecule has 18 nitrogen and oxygen atoms in total. The second-order valence-electron chi connectivity index (χ2n) is 6.15. The van der Waals surface area contributed by atoms with Crippen molar-refractivity contribution in [2.75, 3.05) is 18.2 Å². The normalized spacial score (nSPS) is 29.9. The molecule has 32 heavy (non-hydrogen) atoms. The van der Waals surface area contributed by atoms with Crippen LogP contribution in [0.25, 0.3) is 0 Å². The van der Waals surface area contributed by atoms with Gasteiger partial charge in [-0.2, -0.15) is 18.5 Å². The highest BCUT2D eigenvalue weighted by atomic mass is 35.5. The topological polar surface area (TPSA) is 280 Å². The second kappa shape index (κ2) is 9.64. The summed E-state index contributed by atoms with van der Waals surface area (Å²) in [6, 6.07) is -0.549. The number of nitroso groups, excluding NO2 is 1. The Morgan fingerprint density at radius 2 is 1.88 bits per heavy atom. The number of halogens is 1. The number of hydrogen-bond acceptors (Lipinski definition) is 13. The van der Waals surface area contributed by atoms with Crippen LogP contribution in [0.4, 0.5) is 5.82 Å². The lowest BCUT2D eigenvalue weighted by molar-refractivity contribution is -0.112. The standard InChI is InChI=1S/C10H16ClN4O14P3/c11-3-10(4-26-31(22,23)29-32(24,25)28-30(19,20)21)7(16)6(14-18)8(27-10)15-2-1-5(12)13-9(15)17/h1-2,6-8,16H,3-4H2,(H,22,23)(H,24,25)(H2,12,13,17)(H2,19,20,21)/t6-,7+,8-,10-/m1/s1. The van der Waals surface area contributed by atoms with Crippen LogP contribution in [0, 0.1) is 4.91 Å². The molecule has 0 radical (unpaired) electrons. The van der Waals surface area contributed by atoms with Crippen LogP contribution in [0.5, 0.6) is 0 Å². The van der Waals surface area contributed by atoms with Gasteiger partial charge in [0.25, 0.3) is 0 Å². The fourth-order valence-corrected chi connectivity index (χ4v) is 5.93. The van der Waals surface area contributed by atoms with Gasteiger partial charge in [-0.15, -0.1) is 11.6 Å². The molecule has 2 heterocycles. The van der Waals surface area contributed by atoms with E-state index >= 15 is 0 Å². The van der Waals surface area contributed by atoms with E-state index in [0.29, 0.717) is 0 Å². The molecule has 0 spiro atoms. The van der Waals surface area contributed by atoms with E-state index in [2.05, 4.69) is 23.3 Å². The quantitative estimate of drug-likeness (QED) is 0.119. The molecule has 0 amide bonds. The van der Waals surface area contributed by atoms with E-state index in [4.69, 9.17) is 36.8 Å². The minimum atomic E-state index is -5.80. The van der Waals surface area contributed by atoms with Crippen molar-refractivity contribution in [1.82, 2.24) is 9.55 Å². The summed E-state index contributed by atoms with van der Waals surface area (Å²) < 4.78 is 51.7. The highest BCUT2D eigenvalue weighted by molar-refractivity contribution is 7.66. The molecule has 1 aliphatic heterocycles. The molecule has 22 heteroatoms. The average Bonchev–Trinajstić information content (AvgIpc) is 2.89. The smallest absolute Gasteiger partial charge is 0.387 e. The molecule has 0 saturated carbocycles. The molecule has 2 unspecified atom stereocenters. The van der Waals surface area contributed by atoms with Gasteiger partial charge < -0.3 is 35.2 Å². The maximum atomic E-state index is 12.0. The fraction of sp³-hybridized carbons (Fsp3) is 0.600. The minimum Gasteiger partial charge on any atom is -0.387 e.